The molecule has 0 saturated carbocycles. The van der Waals surface area contributed by atoms with Crippen molar-refractivity contribution >= 4 is 11.5 Å². The van der Waals surface area contributed by atoms with E-state index in [1.807, 2.05) is 27.1 Å². The largest absolute Gasteiger partial charge is 0.377 e. The van der Waals surface area contributed by atoms with E-state index in [9.17, 15) is 4.79 Å². The SMILES string of the molecule is Cc1ccc(N(C)C)c2c1C(=O)CC2. The molecule has 0 N–H and O–H groups in total. The maximum absolute atomic E-state index is 11.6. The third kappa shape index (κ3) is 1.22. The second-order valence-electron chi connectivity index (χ2n) is 4.07. The molecule has 2 nitrogen and oxygen atoms in total. The highest BCUT2D eigenvalue weighted by molar-refractivity contribution is 6.03. The van der Waals surface area contributed by atoms with E-state index in [2.05, 4.69) is 11.0 Å². The lowest BCUT2D eigenvalue weighted by Crippen LogP contribution is -2.11. The normalized spacial score (nSPS) is 14.4. The van der Waals surface area contributed by atoms with Gasteiger partial charge in [-0.1, -0.05) is 6.07 Å². The molecule has 0 saturated heterocycles. The van der Waals surface area contributed by atoms with E-state index >= 15 is 0 Å². The van der Waals surface area contributed by atoms with Gasteiger partial charge in [-0.05, 0) is 30.5 Å². The van der Waals surface area contributed by atoms with Gasteiger partial charge in [0.05, 0.1) is 0 Å². The quantitative estimate of drug-likeness (QED) is 0.675. The van der Waals surface area contributed by atoms with Crippen molar-refractivity contribution in [1.29, 1.82) is 0 Å². The molecule has 1 aliphatic rings. The second kappa shape index (κ2) is 3.12. The van der Waals surface area contributed by atoms with Gasteiger partial charge in [0, 0.05) is 31.8 Å². The molecule has 0 bridgehead atoms. The van der Waals surface area contributed by atoms with Crippen molar-refractivity contribution in [3.63, 3.8) is 0 Å². The molecule has 0 amide bonds. The highest BCUT2D eigenvalue weighted by atomic mass is 16.1. The van der Waals surface area contributed by atoms with Crippen LogP contribution in [0.25, 0.3) is 0 Å². The van der Waals surface area contributed by atoms with Crippen molar-refractivity contribution in [1.82, 2.24) is 0 Å². The van der Waals surface area contributed by atoms with Gasteiger partial charge in [-0.3, -0.25) is 4.79 Å². The van der Waals surface area contributed by atoms with E-state index in [-0.39, 0.29) is 0 Å². The van der Waals surface area contributed by atoms with Crippen LogP contribution in [0.5, 0.6) is 0 Å². The first-order chi connectivity index (χ1) is 6.61. The monoisotopic (exact) mass is 189 g/mol. The fourth-order valence-corrected chi connectivity index (χ4v) is 2.18. The molecule has 0 aromatic heterocycles. The molecule has 14 heavy (non-hydrogen) atoms. The Balaban J connectivity index is 2.64. The fraction of sp³-hybridized carbons (Fsp3) is 0.417. The van der Waals surface area contributed by atoms with Crippen LogP contribution in [0.2, 0.25) is 0 Å². The Morgan fingerprint density at radius 3 is 2.57 bits per heavy atom. The van der Waals surface area contributed by atoms with Gasteiger partial charge in [-0.15, -0.1) is 0 Å². The zero-order valence-corrected chi connectivity index (χ0v) is 8.92. The van der Waals surface area contributed by atoms with Crippen LogP contribution in [-0.4, -0.2) is 19.9 Å². The number of carbonyl (C=O) groups excluding carboxylic acids is 1. The minimum absolute atomic E-state index is 0.307. The molecule has 1 aromatic carbocycles. The topological polar surface area (TPSA) is 20.3 Å². The Morgan fingerprint density at radius 1 is 1.21 bits per heavy atom. The summed E-state index contributed by atoms with van der Waals surface area (Å²) in [5.41, 5.74) is 4.51. The van der Waals surface area contributed by atoms with Crippen molar-refractivity contribution in [2.45, 2.75) is 19.8 Å². The minimum atomic E-state index is 0.307. The average molecular weight is 189 g/mol. The molecule has 1 aliphatic carbocycles. The van der Waals surface area contributed by atoms with Crippen LogP contribution in [0.15, 0.2) is 12.1 Å². The summed E-state index contributed by atoms with van der Waals surface area (Å²) in [5.74, 6) is 0.307. The van der Waals surface area contributed by atoms with Crippen LogP contribution in [0.4, 0.5) is 5.69 Å². The van der Waals surface area contributed by atoms with Crippen LogP contribution < -0.4 is 4.90 Å². The van der Waals surface area contributed by atoms with E-state index in [1.165, 1.54) is 11.3 Å². The summed E-state index contributed by atoms with van der Waals surface area (Å²) < 4.78 is 0. The van der Waals surface area contributed by atoms with Crippen LogP contribution in [0.3, 0.4) is 0 Å². The van der Waals surface area contributed by atoms with E-state index in [4.69, 9.17) is 0 Å². The summed E-state index contributed by atoms with van der Waals surface area (Å²) >= 11 is 0. The lowest BCUT2D eigenvalue weighted by Gasteiger charge is -2.17. The van der Waals surface area contributed by atoms with Gasteiger partial charge in [0.1, 0.15) is 0 Å². The number of hydrogen-bond donors (Lipinski definition) is 0. The van der Waals surface area contributed by atoms with Crippen molar-refractivity contribution in [3.8, 4) is 0 Å². The third-order valence-corrected chi connectivity index (χ3v) is 2.86. The fourth-order valence-electron chi connectivity index (χ4n) is 2.18. The summed E-state index contributed by atoms with van der Waals surface area (Å²) in [5, 5.41) is 0. The Hall–Kier alpha value is -1.31. The lowest BCUT2D eigenvalue weighted by molar-refractivity contribution is 0.0994. The van der Waals surface area contributed by atoms with E-state index in [0.29, 0.717) is 12.2 Å². The van der Waals surface area contributed by atoms with Gasteiger partial charge in [-0.2, -0.15) is 0 Å². The van der Waals surface area contributed by atoms with Gasteiger partial charge in [-0.25, -0.2) is 0 Å². The van der Waals surface area contributed by atoms with Crippen molar-refractivity contribution in [2.24, 2.45) is 0 Å². The molecular weight excluding hydrogens is 174 g/mol. The Kier molecular flexibility index (Phi) is 2.06. The first-order valence-electron chi connectivity index (χ1n) is 4.94. The molecule has 1 aromatic rings. The molecule has 74 valence electrons. The summed E-state index contributed by atoms with van der Waals surface area (Å²) in [6, 6.07) is 4.14. The zero-order valence-electron chi connectivity index (χ0n) is 8.92. The number of nitrogens with zero attached hydrogens (tertiary/aromatic N) is 1. The first-order valence-corrected chi connectivity index (χ1v) is 4.94. The zero-order chi connectivity index (χ0) is 10.3. The highest BCUT2D eigenvalue weighted by Crippen LogP contribution is 2.32. The van der Waals surface area contributed by atoms with Gasteiger partial charge in [0.25, 0.3) is 0 Å². The molecule has 2 rings (SSSR count). The van der Waals surface area contributed by atoms with Gasteiger partial charge in [0.2, 0.25) is 0 Å². The lowest BCUT2D eigenvalue weighted by atomic mass is 10.0. The van der Waals surface area contributed by atoms with Gasteiger partial charge >= 0.3 is 0 Å². The van der Waals surface area contributed by atoms with Crippen molar-refractivity contribution < 1.29 is 4.79 Å². The number of carbonyl (C=O) groups is 1. The van der Waals surface area contributed by atoms with Crippen LogP contribution in [0.1, 0.15) is 27.9 Å². The molecular formula is C12H15NO. The van der Waals surface area contributed by atoms with Crippen LogP contribution in [-0.2, 0) is 6.42 Å². The van der Waals surface area contributed by atoms with Crippen LogP contribution >= 0.6 is 0 Å². The molecule has 0 radical (unpaired) electrons. The van der Waals surface area contributed by atoms with E-state index in [0.717, 1.165) is 17.5 Å². The maximum atomic E-state index is 11.6. The summed E-state index contributed by atoms with van der Waals surface area (Å²) in [6.45, 7) is 2.02. The standard InChI is InChI=1S/C12H15NO/c1-8-4-6-10(13(2)3)9-5-7-11(14)12(8)9/h4,6H,5,7H2,1-3H3. The number of ketones is 1. The first kappa shape index (κ1) is 9.25. The Morgan fingerprint density at radius 2 is 1.93 bits per heavy atom. The molecule has 0 unspecified atom stereocenters. The van der Waals surface area contributed by atoms with E-state index in [1.54, 1.807) is 0 Å². The van der Waals surface area contributed by atoms with E-state index < -0.39 is 0 Å². The number of fused-ring (bicyclic) bond motifs is 1. The van der Waals surface area contributed by atoms with Gasteiger partial charge in [0.15, 0.2) is 5.78 Å². The van der Waals surface area contributed by atoms with Crippen molar-refractivity contribution in [3.05, 3.63) is 28.8 Å². The summed E-state index contributed by atoms with van der Waals surface area (Å²) in [4.78, 5) is 13.7. The van der Waals surface area contributed by atoms with Crippen LogP contribution in [0, 0.1) is 6.92 Å². The average Bonchev–Trinajstić information content (AvgIpc) is 2.49. The molecule has 0 heterocycles. The number of rotatable bonds is 1. The smallest absolute Gasteiger partial charge is 0.163 e. The molecule has 2 heteroatoms. The predicted molar refractivity (Wildman–Crippen MR) is 58.2 cm³/mol. The summed E-state index contributed by atoms with van der Waals surface area (Å²) in [6.07, 6.45) is 1.59. The predicted octanol–water partition coefficient (Wildman–Crippen LogP) is 2.19. The molecule has 0 fully saturated rings. The second-order valence-corrected chi connectivity index (χ2v) is 4.07. The summed E-state index contributed by atoms with van der Waals surface area (Å²) in [7, 11) is 4.04. The molecule has 0 atom stereocenters. The number of aryl methyl sites for hydroxylation is 1. The minimum Gasteiger partial charge on any atom is -0.377 e. The number of benzene rings is 1. The highest BCUT2D eigenvalue weighted by Gasteiger charge is 2.24. The number of anilines is 1. The Bertz CT molecular complexity index is 394. The van der Waals surface area contributed by atoms with Crippen molar-refractivity contribution in [2.75, 3.05) is 19.0 Å². The molecule has 0 spiro atoms. The number of Topliss-reactive ketones (excluding diaryl/α,β-unsaturated/α-hetero) is 1. The third-order valence-electron chi connectivity index (χ3n) is 2.86. The number of hydrogen-bond acceptors (Lipinski definition) is 2. The maximum Gasteiger partial charge on any atom is 0.163 e. The van der Waals surface area contributed by atoms with Gasteiger partial charge < -0.3 is 4.90 Å². The molecule has 0 aliphatic heterocycles. The Labute approximate surface area is 84.5 Å².